The lowest BCUT2D eigenvalue weighted by Gasteiger charge is -2.24. The number of isocyanates is 2. The first-order chi connectivity index (χ1) is 29.9. The quantitative estimate of drug-likeness (QED) is 0.0222. The Morgan fingerprint density at radius 2 is 1.25 bits per heavy atom. The van der Waals surface area contributed by atoms with Crippen LogP contribution in [0.3, 0.4) is 0 Å². The molecule has 0 aliphatic carbocycles. The fraction of sp³-hybridized carbons (Fsp3) is 0.429. The van der Waals surface area contributed by atoms with Crippen molar-refractivity contribution in [1.29, 1.82) is 0 Å². The van der Waals surface area contributed by atoms with Crippen molar-refractivity contribution in [2.24, 2.45) is 30.8 Å². The molecule has 0 unspecified atom stereocenters. The lowest BCUT2D eigenvalue weighted by molar-refractivity contribution is -0.887. The number of rotatable bonds is 15. The van der Waals surface area contributed by atoms with Crippen molar-refractivity contribution in [3.8, 4) is 0 Å². The molecule has 0 saturated carbocycles. The molecule has 63 heavy (non-hydrogen) atoms. The van der Waals surface area contributed by atoms with E-state index in [-0.39, 0.29) is 4.90 Å². The zero-order valence-electron chi connectivity index (χ0n) is 36.6. The van der Waals surface area contributed by atoms with Gasteiger partial charge in [-0.2, -0.15) is 13.4 Å². The standard InChI is InChI=1S/C10H12O.C8F4O3.C8H18N3.C7H5NO3S.C6H17N3.C3H5NO/c1-2-3-9-4-6-10(8-11)7-5-9;9-3-1-2(8(14)15-7(1)13)4(10)6(12)5(3)11;1-5-9-7-10-8-11(3,4)6-2;9-6-8-12(10,11)7-4-2-1-3-5-7;1-2-9(5-3-7)6-4-8;1-2-4-3-5/h4-8H,2-3H2,1H3;;5-6,8H2,1-4H3;1-5H;2-8H2,1H3;2H2,1H3/q;;+1;;;. The summed E-state index contributed by atoms with van der Waals surface area (Å²) >= 11 is 0. The Morgan fingerprint density at radius 3 is 1.62 bits per heavy atom. The average Bonchev–Trinajstić information content (AvgIpc) is 3.58. The third-order valence-electron chi connectivity index (χ3n) is 7.88. The molecule has 4 N–H and O–H groups in total. The third kappa shape index (κ3) is 23.8. The number of halogens is 4. The Kier molecular flexibility index (Phi) is 31.7. The molecule has 0 atom stereocenters. The molecule has 3 aromatic rings. The zero-order valence-corrected chi connectivity index (χ0v) is 37.4. The lowest BCUT2D eigenvalue weighted by atomic mass is 10.1. The van der Waals surface area contributed by atoms with E-state index in [1.807, 2.05) is 31.2 Å². The van der Waals surface area contributed by atoms with Gasteiger partial charge in [-0.05, 0) is 51.4 Å². The smallest absolute Gasteiger partial charge is 0.350 e. The number of aliphatic imine (C=N–C) groups is 3. The Labute approximate surface area is 366 Å². The van der Waals surface area contributed by atoms with E-state index in [4.69, 9.17) is 16.3 Å². The molecule has 0 bridgehead atoms. The molecular formula is C42H57F4N8O8S+. The van der Waals surface area contributed by atoms with Crippen molar-refractivity contribution in [2.75, 3.05) is 73.1 Å². The summed E-state index contributed by atoms with van der Waals surface area (Å²) in [7, 11) is 0.463. The molecular weight excluding hydrogens is 853 g/mol. The topological polar surface area (TPSA) is 233 Å². The highest BCUT2D eigenvalue weighted by Crippen LogP contribution is 2.29. The second-order valence-electron chi connectivity index (χ2n) is 13.0. The van der Waals surface area contributed by atoms with Gasteiger partial charge in [-0.1, -0.05) is 67.1 Å². The van der Waals surface area contributed by atoms with Crippen molar-refractivity contribution in [3.63, 3.8) is 0 Å². The Hall–Kier alpha value is -5.88. The number of esters is 2. The summed E-state index contributed by atoms with van der Waals surface area (Å²) < 4.78 is 80.5. The highest BCUT2D eigenvalue weighted by Gasteiger charge is 2.40. The predicted molar refractivity (Wildman–Crippen MR) is 230 cm³/mol. The van der Waals surface area contributed by atoms with Gasteiger partial charge in [0.1, 0.15) is 17.4 Å². The molecule has 0 radical (unpaired) electrons. The maximum Gasteiger partial charge on any atom is 0.350 e. The number of hydrogen-bond acceptors (Lipinski definition) is 14. The first-order valence-corrected chi connectivity index (χ1v) is 20.9. The van der Waals surface area contributed by atoms with E-state index in [9.17, 15) is 45.2 Å². The number of sulfonamides is 1. The van der Waals surface area contributed by atoms with Gasteiger partial charge in [0.25, 0.3) is 16.1 Å². The molecule has 3 aromatic carbocycles. The third-order valence-corrected chi connectivity index (χ3v) is 9.07. The van der Waals surface area contributed by atoms with Crippen LogP contribution in [0.4, 0.5) is 17.6 Å². The molecule has 346 valence electrons. The van der Waals surface area contributed by atoms with Crippen LogP contribution < -0.4 is 11.5 Å². The average molecular weight is 910 g/mol. The normalized spacial score (nSPS) is 10.8. The first kappa shape index (κ1) is 59.2. The number of carbonyl (C=O) groups is 3. The second kappa shape index (κ2) is 33.7. The molecule has 0 fully saturated rings. The van der Waals surface area contributed by atoms with Crippen molar-refractivity contribution in [2.45, 2.75) is 52.4 Å². The van der Waals surface area contributed by atoms with Crippen LogP contribution in [-0.4, -0.2) is 127 Å². The van der Waals surface area contributed by atoms with Gasteiger partial charge in [0, 0.05) is 44.8 Å². The second-order valence-corrected chi connectivity index (χ2v) is 14.6. The van der Waals surface area contributed by atoms with Crippen LogP contribution in [-0.2, 0) is 30.8 Å². The number of nitrogens with zero attached hydrogens (tertiary/aromatic N) is 6. The van der Waals surface area contributed by atoms with Gasteiger partial charge in [0.15, 0.2) is 29.9 Å². The Bertz CT molecular complexity index is 2080. The summed E-state index contributed by atoms with van der Waals surface area (Å²) in [5.41, 5.74) is 10.3. The fourth-order valence-corrected chi connectivity index (χ4v) is 4.95. The SMILES string of the molecule is CCCc1ccc(C=O)cc1.CCN(CCN)CCN.CCN=C=NC[N+](C)(C)CC.CCN=C=O.O=C1OC(=O)c2c(F)c(F)c(F)c(F)c21.O=C=NS(=O)(=O)c1ccccc1. The molecule has 1 aliphatic heterocycles. The number of nitrogens with two attached hydrogens (primary N) is 2. The lowest BCUT2D eigenvalue weighted by Crippen LogP contribution is -2.39. The van der Waals surface area contributed by atoms with Gasteiger partial charge in [0.2, 0.25) is 6.08 Å². The molecule has 16 nitrogen and oxygen atoms in total. The van der Waals surface area contributed by atoms with Crippen LogP contribution in [0.1, 0.15) is 77.7 Å². The minimum atomic E-state index is -3.81. The van der Waals surface area contributed by atoms with Crippen LogP contribution in [0, 0.1) is 23.3 Å². The minimum Gasteiger partial charge on any atom is -0.385 e. The number of aryl methyl sites for hydroxylation is 1. The maximum absolute atomic E-state index is 12.9. The zero-order chi connectivity index (χ0) is 48.4. The Balaban J connectivity index is 0. The highest BCUT2D eigenvalue weighted by atomic mass is 32.2. The molecule has 1 aliphatic rings. The number of hydrogen-bond donors (Lipinski definition) is 2. The van der Waals surface area contributed by atoms with E-state index in [0.29, 0.717) is 6.54 Å². The summed E-state index contributed by atoms with van der Waals surface area (Å²) in [5.74, 6) is -11.2. The van der Waals surface area contributed by atoms with E-state index < -0.39 is 56.4 Å². The molecule has 0 spiro atoms. The summed E-state index contributed by atoms with van der Waals surface area (Å²) in [6.07, 6.45) is 5.51. The molecule has 0 saturated heterocycles. The van der Waals surface area contributed by atoms with Crippen LogP contribution in [0.5, 0.6) is 0 Å². The van der Waals surface area contributed by atoms with Gasteiger partial charge in [-0.15, -0.1) is 0 Å². The number of benzene rings is 3. The van der Waals surface area contributed by atoms with Gasteiger partial charge in [-0.25, -0.2) is 46.7 Å². The van der Waals surface area contributed by atoms with Gasteiger partial charge >= 0.3 is 11.9 Å². The van der Waals surface area contributed by atoms with Crippen molar-refractivity contribution in [1.82, 2.24) is 4.90 Å². The summed E-state index contributed by atoms with van der Waals surface area (Å²) in [4.78, 5) is 64.0. The van der Waals surface area contributed by atoms with Crippen molar-refractivity contribution < 1.29 is 59.2 Å². The molecule has 1 heterocycles. The number of quaternary nitrogens is 1. The number of cyclic esters (lactones) is 2. The van der Waals surface area contributed by atoms with Gasteiger partial charge < -0.3 is 25.6 Å². The number of carbonyl (C=O) groups excluding carboxylic acids is 5. The monoisotopic (exact) mass is 909 g/mol. The van der Waals surface area contributed by atoms with Crippen LogP contribution in [0.2, 0.25) is 0 Å². The number of ether oxygens (including phenoxy) is 1. The van der Waals surface area contributed by atoms with E-state index in [1.54, 1.807) is 25.1 Å². The summed E-state index contributed by atoms with van der Waals surface area (Å²) in [5, 5.41) is 0. The van der Waals surface area contributed by atoms with Gasteiger partial charge in [0.05, 0.1) is 31.5 Å². The summed E-state index contributed by atoms with van der Waals surface area (Å²) in [6, 6.07) is 17.9. The van der Waals surface area contributed by atoms with E-state index >= 15 is 0 Å². The first-order valence-electron chi connectivity index (χ1n) is 19.5. The fourth-order valence-electron chi connectivity index (χ4n) is 4.25. The van der Waals surface area contributed by atoms with Crippen LogP contribution in [0.25, 0.3) is 0 Å². The Morgan fingerprint density at radius 1 is 0.746 bits per heavy atom. The van der Waals surface area contributed by atoms with Gasteiger partial charge in [-0.3, -0.25) is 4.79 Å². The largest absolute Gasteiger partial charge is 0.385 e. The van der Waals surface area contributed by atoms with Crippen LogP contribution >= 0.6 is 0 Å². The molecule has 21 heteroatoms. The number of likely N-dealkylation sites (N-methyl/N-ethyl adjacent to an activating group) is 1. The molecule has 0 amide bonds. The molecule has 4 rings (SSSR count). The van der Waals surface area contributed by atoms with Crippen molar-refractivity contribution >= 4 is 46.4 Å². The maximum atomic E-state index is 12.9. The minimum absolute atomic E-state index is 0.00616. The van der Waals surface area contributed by atoms with Crippen molar-refractivity contribution in [3.05, 3.63) is 100 Å². The van der Waals surface area contributed by atoms with E-state index in [2.05, 4.69) is 69.9 Å². The molecule has 0 aromatic heterocycles. The number of aldehydes is 1. The van der Waals surface area contributed by atoms with Crippen LogP contribution in [0.15, 0.2) is 78.9 Å². The highest BCUT2D eigenvalue weighted by molar-refractivity contribution is 7.90. The summed E-state index contributed by atoms with van der Waals surface area (Å²) in [6.45, 7) is 17.8. The predicted octanol–water partition coefficient (Wildman–Crippen LogP) is 5.52. The van der Waals surface area contributed by atoms with E-state index in [1.165, 1.54) is 23.8 Å². The van der Waals surface area contributed by atoms with E-state index in [0.717, 1.165) is 87.7 Å². The number of fused-ring (bicyclic) bond motifs is 1.